The van der Waals surface area contributed by atoms with Gasteiger partial charge in [0.2, 0.25) is 0 Å². The number of fused-ring (bicyclic) bond motifs is 1. The van der Waals surface area contributed by atoms with Crippen LogP contribution in [-0.2, 0) is 6.54 Å². The smallest absolute Gasteiger partial charge is 0.336 e. The van der Waals surface area contributed by atoms with Gasteiger partial charge in [0.25, 0.3) is 5.56 Å². The van der Waals surface area contributed by atoms with Crippen molar-refractivity contribution in [2.45, 2.75) is 6.54 Å². The fraction of sp³-hybridized carbons (Fsp3) is 0.136. The summed E-state index contributed by atoms with van der Waals surface area (Å²) in [5.41, 5.74) is 1.01. The molecule has 0 aliphatic carbocycles. The quantitative estimate of drug-likeness (QED) is 0.525. The molecule has 29 heavy (non-hydrogen) atoms. The van der Waals surface area contributed by atoms with Gasteiger partial charge in [-0.2, -0.15) is 0 Å². The molecule has 0 aliphatic rings. The van der Waals surface area contributed by atoms with Crippen molar-refractivity contribution in [2.75, 3.05) is 14.2 Å². The van der Waals surface area contributed by atoms with E-state index in [1.54, 1.807) is 53.4 Å². The van der Waals surface area contributed by atoms with Gasteiger partial charge in [-0.3, -0.25) is 14.3 Å². The SMILES string of the molecule is COc1ccc(-n2c(=O)c3ccccc3n(Cc3cccnc3)c2=O)cc1OC. The van der Waals surface area contributed by atoms with Gasteiger partial charge >= 0.3 is 5.69 Å². The fourth-order valence-electron chi connectivity index (χ4n) is 3.34. The Morgan fingerprint density at radius 1 is 0.931 bits per heavy atom. The average Bonchev–Trinajstić information content (AvgIpc) is 2.77. The van der Waals surface area contributed by atoms with E-state index in [-0.39, 0.29) is 5.56 Å². The topological polar surface area (TPSA) is 75.4 Å². The molecule has 0 amide bonds. The number of ether oxygens (including phenoxy) is 2. The highest BCUT2D eigenvalue weighted by molar-refractivity contribution is 5.78. The van der Waals surface area contributed by atoms with Crippen molar-refractivity contribution in [1.29, 1.82) is 0 Å². The van der Waals surface area contributed by atoms with Crippen LogP contribution >= 0.6 is 0 Å². The lowest BCUT2D eigenvalue weighted by Gasteiger charge is -2.15. The van der Waals surface area contributed by atoms with Crippen molar-refractivity contribution in [3.8, 4) is 17.2 Å². The minimum absolute atomic E-state index is 0.292. The summed E-state index contributed by atoms with van der Waals surface area (Å²) in [7, 11) is 3.03. The third-order valence-electron chi connectivity index (χ3n) is 4.74. The van der Waals surface area contributed by atoms with Crippen LogP contribution in [-0.4, -0.2) is 28.3 Å². The first-order chi connectivity index (χ1) is 14.1. The standard InChI is InChI=1S/C22H19N3O4/c1-28-19-10-9-16(12-20(19)29-2)25-21(26)17-7-3-4-8-18(17)24(22(25)27)14-15-6-5-11-23-13-15/h3-13H,14H2,1-2H3. The molecule has 4 aromatic rings. The Bertz CT molecular complexity index is 1290. The molecule has 7 heteroatoms. The molecule has 4 rings (SSSR count). The van der Waals surface area contributed by atoms with Crippen molar-refractivity contribution in [2.24, 2.45) is 0 Å². The van der Waals surface area contributed by atoms with Gasteiger partial charge in [0.05, 0.1) is 37.4 Å². The van der Waals surface area contributed by atoms with E-state index in [0.717, 1.165) is 10.1 Å². The largest absolute Gasteiger partial charge is 0.493 e. The summed E-state index contributed by atoms with van der Waals surface area (Å²) < 4.78 is 13.3. The molecule has 7 nitrogen and oxygen atoms in total. The molecule has 0 bridgehead atoms. The van der Waals surface area contributed by atoms with Gasteiger partial charge < -0.3 is 9.47 Å². The fourth-order valence-corrected chi connectivity index (χ4v) is 3.34. The average molecular weight is 389 g/mol. The second kappa shape index (κ2) is 7.63. The van der Waals surface area contributed by atoms with Crippen molar-refractivity contribution in [3.63, 3.8) is 0 Å². The summed E-state index contributed by atoms with van der Waals surface area (Å²) in [6, 6.07) is 15.7. The van der Waals surface area contributed by atoms with E-state index in [0.29, 0.717) is 34.6 Å². The zero-order valence-corrected chi connectivity index (χ0v) is 16.0. The van der Waals surface area contributed by atoms with Crippen LogP contribution < -0.4 is 20.7 Å². The molecule has 0 unspecified atom stereocenters. The van der Waals surface area contributed by atoms with Crippen LogP contribution in [0.1, 0.15) is 5.56 Å². The second-order valence-electron chi connectivity index (χ2n) is 6.43. The molecule has 0 saturated heterocycles. The van der Waals surface area contributed by atoms with Crippen LogP contribution in [0.4, 0.5) is 0 Å². The highest BCUT2D eigenvalue weighted by atomic mass is 16.5. The normalized spacial score (nSPS) is 10.8. The second-order valence-corrected chi connectivity index (χ2v) is 6.43. The maximum absolute atomic E-state index is 13.4. The van der Waals surface area contributed by atoms with Crippen LogP contribution in [0.15, 0.2) is 76.6 Å². The predicted octanol–water partition coefficient (Wildman–Crippen LogP) is 2.61. The predicted molar refractivity (Wildman–Crippen MR) is 110 cm³/mol. The van der Waals surface area contributed by atoms with E-state index in [1.165, 1.54) is 14.2 Å². The highest BCUT2D eigenvalue weighted by Crippen LogP contribution is 2.28. The minimum Gasteiger partial charge on any atom is -0.493 e. The summed E-state index contributed by atoms with van der Waals surface area (Å²) in [6.07, 6.45) is 3.38. The number of hydrogen-bond donors (Lipinski definition) is 0. The number of nitrogens with zero attached hydrogens (tertiary/aromatic N) is 3. The van der Waals surface area contributed by atoms with E-state index >= 15 is 0 Å². The Morgan fingerprint density at radius 2 is 1.72 bits per heavy atom. The van der Waals surface area contributed by atoms with Gasteiger partial charge in [-0.1, -0.05) is 18.2 Å². The number of aromatic nitrogens is 3. The molecule has 2 aromatic carbocycles. The molecule has 2 aromatic heterocycles. The minimum atomic E-state index is -0.440. The lowest BCUT2D eigenvalue weighted by molar-refractivity contribution is 0.355. The Morgan fingerprint density at radius 3 is 2.45 bits per heavy atom. The summed E-state index contributed by atoms with van der Waals surface area (Å²) in [6.45, 7) is 0.292. The monoisotopic (exact) mass is 389 g/mol. The van der Waals surface area contributed by atoms with E-state index in [1.807, 2.05) is 18.2 Å². The molecule has 146 valence electrons. The number of hydrogen-bond acceptors (Lipinski definition) is 5. The van der Waals surface area contributed by atoms with Gasteiger partial charge in [-0.05, 0) is 35.9 Å². The summed E-state index contributed by atoms with van der Waals surface area (Å²) in [5, 5.41) is 0.450. The first-order valence-corrected chi connectivity index (χ1v) is 9.00. The van der Waals surface area contributed by atoms with Crippen LogP contribution in [0.3, 0.4) is 0 Å². The van der Waals surface area contributed by atoms with Crippen LogP contribution in [0.2, 0.25) is 0 Å². The maximum Gasteiger partial charge on any atom is 0.336 e. The first kappa shape index (κ1) is 18.5. The Hall–Kier alpha value is -3.87. The first-order valence-electron chi connectivity index (χ1n) is 9.00. The third kappa shape index (κ3) is 3.27. The number of para-hydroxylation sites is 1. The Kier molecular flexibility index (Phi) is 4.87. The Labute approximate surface area is 166 Å². The van der Waals surface area contributed by atoms with Crippen LogP contribution in [0.25, 0.3) is 16.6 Å². The van der Waals surface area contributed by atoms with Gasteiger partial charge in [-0.15, -0.1) is 0 Å². The van der Waals surface area contributed by atoms with Gasteiger partial charge in [0, 0.05) is 18.5 Å². The van der Waals surface area contributed by atoms with E-state index in [9.17, 15) is 9.59 Å². The lowest BCUT2D eigenvalue weighted by Crippen LogP contribution is -2.39. The lowest BCUT2D eigenvalue weighted by atomic mass is 10.2. The number of rotatable bonds is 5. The molecular formula is C22H19N3O4. The molecule has 0 atom stereocenters. The molecule has 2 heterocycles. The van der Waals surface area contributed by atoms with E-state index in [4.69, 9.17) is 9.47 Å². The molecule has 0 radical (unpaired) electrons. The zero-order chi connectivity index (χ0) is 20.4. The van der Waals surface area contributed by atoms with Crippen LogP contribution in [0.5, 0.6) is 11.5 Å². The van der Waals surface area contributed by atoms with Crippen molar-refractivity contribution in [1.82, 2.24) is 14.1 Å². The van der Waals surface area contributed by atoms with E-state index < -0.39 is 5.69 Å². The molecule has 0 fully saturated rings. The number of methoxy groups -OCH3 is 2. The summed E-state index contributed by atoms with van der Waals surface area (Å²) in [4.78, 5) is 30.7. The third-order valence-corrected chi connectivity index (χ3v) is 4.74. The van der Waals surface area contributed by atoms with Crippen molar-refractivity contribution in [3.05, 3.63) is 93.4 Å². The number of pyridine rings is 1. The molecule has 0 saturated carbocycles. The molecule has 0 N–H and O–H groups in total. The summed E-state index contributed by atoms with van der Waals surface area (Å²) >= 11 is 0. The Balaban J connectivity index is 2.01. The molecule has 0 aliphatic heterocycles. The van der Waals surface area contributed by atoms with Crippen LogP contribution in [0, 0.1) is 0 Å². The molecular weight excluding hydrogens is 370 g/mol. The van der Waals surface area contributed by atoms with E-state index in [2.05, 4.69) is 4.98 Å². The van der Waals surface area contributed by atoms with Crippen molar-refractivity contribution >= 4 is 10.9 Å². The molecule has 0 spiro atoms. The zero-order valence-electron chi connectivity index (χ0n) is 16.0. The van der Waals surface area contributed by atoms with Gasteiger partial charge in [0.1, 0.15) is 0 Å². The number of benzene rings is 2. The highest BCUT2D eigenvalue weighted by Gasteiger charge is 2.16. The van der Waals surface area contributed by atoms with Gasteiger partial charge in [-0.25, -0.2) is 9.36 Å². The maximum atomic E-state index is 13.4. The van der Waals surface area contributed by atoms with Gasteiger partial charge in [0.15, 0.2) is 11.5 Å². The van der Waals surface area contributed by atoms with Crippen molar-refractivity contribution < 1.29 is 9.47 Å². The summed E-state index contributed by atoms with van der Waals surface area (Å²) in [5.74, 6) is 0.948.